The Hall–Kier alpha value is -2.99. The molecule has 1 aliphatic heterocycles. The summed E-state index contributed by atoms with van der Waals surface area (Å²) in [6.07, 6.45) is 5.34. The Morgan fingerprint density at radius 3 is 2.78 bits per heavy atom. The fourth-order valence-corrected chi connectivity index (χ4v) is 2.90. The lowest BCUT2D eigenvalue weighted by Crippen LogP contribution is -2.30. The number of thiocarbonyl (C=S) groups is 1. The average molecular weight is 320 g/mol. The van der Waals surface area contributed by atoms with Crippen molar-refractivity contribution in [3.63, 3.8) is 0 Å². The molecule has 0 radical (unpaired) electrons. The Morgan fingerprint density at radius 1 is 1.13 bits per heavy atom. The highest BCUT2D eigenvalue weighted by Crippen LogP contribution is 2.24. The standard InChI is InChI=1S/C17H12N4OS/c22-16-14(9-11-10-19-15-13(11)7-4-8-18-15)20-17(23)21(16)12-5-2-1-3-6-12/h1-10H,(H,18,19)(H,20,23)/b14-9-. The zero-order chi connectivity index (χ0) is 15.8. The monoisotopic (exact) mass is 320 g/mol. The smallest absolute Gasteiger partial charge is 0.281 e. The number of aromatic nitrogens is 2. The van der Waals surface area contributed by atoms with Crippen molar-refractivity contribution in [1.82, 2.24) is 15.3 Å². The van der Waals surface area contributed by atoms with Crippen LogP contribution in [-0.4, -0.2) is 21.0 Å². The van der Waals surface area contributed by atoms with Crippen LogP contribution in [0.4, 0.5) is 5.69 Å². The van der Waals surface area contributed by atoms with Crippen molar-refractivity contribution in [1.29, 1.82) is 0 Å². The number of fused-ring (bicyclic) bond motifs is 1. The molecule has 2 aromatic heterocycles. The van der Waals surface area contributed by atoms with Gasteiger partial charge < -0.3 is 10.3 Å². The highest BCUT2D eigenvalue weighted by Gasteiger charge is 2.31. The molecule has 0 unspecified atom stereocenters. The summed E-state index contributed by atoms with van der Waals surface area (Å²) in [5.74, 6) is -0.167. The minimum Gasteiger partial charge on any atom is -0.346 e. The minimum atomic E-state index is -0.167. The van der Waals surface area contributed by atoms with Crippen molar-refractivity contribution in [3.8, 4) is 0 Å². The molecule has 23 heavy (non-hydrogen) atoms. The molecule has 4 rings (SSSR count). The van der Waals surface area contributed by atoms with Crippen LogP contribution >= 0.6 is 12.2 Å². The summed E-state index contributed by atoms with van der Waals surface area (Å²) in [6.45, 7) is 0. The van der Waals surface area contributed by atoms with Crippen LogP contribution in [0.1, 0.15) is 5.56 Å². The second-order valence-electron chi connectivity index (χ2n) is 5.11. The third-order valence-electron chi connectivity index (χ3n) is 3.68. The zero-order valence-electron chi connectivity index (χ0n) is 12.0. The highest BCUT2D eigenvalue weighted by molar-refractivity contribution is 7.80. The van der Waals surface area contributed by atoms with E-state index in [1.165, 1.54) is 4.90 Å². The maximum absolute atomic E-state index is 12.7. The molecule has 2 N–H and O–H groups in total. The molecular weight excluding hydrogens is 308 g/mol. The van der Waals surface area contributed by atoms with Crippen molar-refractivity contribution in [3.05, 3.63) is 66.1 Å². The second-order valence-corrected chi connectivity index (χ2v) is 5.49. The average Bonchev–Trinajstić information content (AvgIpc) is 3.10. The molecule has 1 fully saturated rings. The van der Waals surface area contributed by atoms with Gasteiger partial charge in [-0.3, -0.25) is 9.69 Å². The van der Waals surface area contributed by atoms with E-state index in [9.17, 15) is 4.79 Å². The number of nitrogens with zero attached hydrogens (tertiary/aromatic N) is 2. The van der Waals surface area contributed by atoms with Gasteiger partial charge in [0.2, 0.25) is 0 Å². The lowest BCUT2D eigenvalue weighted by molar-refractivity contribution is -0.113. The van der Waals surface area contributed by atoms with Crippen molar-refractivity contribution < 1.29 is 4.79 Å². The zero-order valence-corrected chi connectivity index (χ0v) is 12.8. The van der Waals surface area contributed by atoms with Crippen LogP contribution in [0.25, 0.3) is 17.1 Å². The molecule has 3 aromatic rings. The fourth-order valence-electron chi connectivity index (χ4n) is 2.60. The van der Waals surface area contributed by atoms with Gasteiger partial charge in [0.25, 0.3) is 5.91 Å². The molecule has 112 valence electrons. The number of para-hydroxylation sites is 1. The fraction of sp³-hybridized carbons (Fsp3) is 0. The predicted octanol–water partition coefficient (Wildman–Crippen LogP) is 2.83. The van der Waals surface area contributed by atoms with Crippen LogP contribution < -0.4 is 10.2 Å². The molecule has 1 aliphatic rings. The number of anilines is 1. The minimum absolute atomic E-state index is 0.167. The third-order valence-corrected chi connectivity index (χ3v) is 3.96. The first-order valence-corrected chi connectivity index (χ1v) is 7.49. The molecule has 0 spiro atoms. The number of pyridine rings is 1. The molecule has 0 atom stereocenters. The number of carbonyl (C=O) groups excluding carboxylic acids is 1. The number of aromatic amines is 1. The number of hydrogen-bond donors (Lipinski definition) is 2. The molecule has 6 heteroatoms. The SMILES string of the molecule is O=C1/C(=C/c2c[nH]c3ncccc23)NC(=S)N1c1ccccc1. The van der Waals surface area contributed by atoms with E-state index in [1.54, 1.807) is 12.3 Å². The lowest BCUT2D eigenvalue weighted by atomic mass is 10.2. The summed E-state index contributed by atoms with van der Waals surface area (Å²) in [6, 6.07) is 13.2. The van der Waals surface area contributed by atoms with Crippen molar-refractivity contribution in [2.75, 3.05) is 4.90 Å². The lowest BCUT2D eigenvalue weighted by Gasteiger charge is -2.13. The van der Waals surface area contributed by atoms with Crippen molar-refractivity contribution >= 4 is 46.0 Å². The van der Waals surface area contributed by atoms with Gasteiger partial charge in [-0.1, -0.05) is 18.2 Å². The van der Waals surface area contributed by atoms with Gasteiger partial charge >= 0.3 is 0 Å². The quantitative estimate of drug-likeness (QED) is 0.563. The Morgan fingerprint density at radius 2 is 1.96 bits per heavy atom. The first-order valence-electron chi connectivity index (χ1n) is 7.08. The van der Waals surface area contributed by atoms with E-state index in [4.69, 9.17) is 12.2 Å². The Kier molecular flexibility index (Phi) is 3.17. The highest BCUT2D eigenvalue weighted by atomic mass is 32.1. The van der Waals surface area contributed by atoms with Crippen molar-refractivity contribution in [2.45, 2.75) is 0 Å². The molecular formula is C17H12N4OS. The van der Waals surface area contributed by atoms with Crippen molar-refractivity contribution in [2.24, 2.45) is 0 Å². The number of rotatable bonds is 2. The Labute approximate surface area is 137 Å². The van der Waals surface area contributed by atoms with Crippen LogP contribution in [0.15, 0.2) is 60.6 Å². The predicted molar refractivity (Wildman–Crippen MR) is 93.7 cm³/mol. The summed E-state index contributed by atoms with van der Waals surface area (Å²) in [7, 11) is 0. The van der Waals surface area contributed by atoms with E-state index in [2.05, 4.69) is 15.3 Å². The van der Waals surface area contributed by atoms with E-state index < -0.39 is 0 Å². The summed E-state index contributed by atoms with van der Waals surface area (Å²) < 4.78 is 0. The van der Waals surface area contributed by atoms with E-state index >= 15 is 0 Å². The summed E-state index contributed by atoms with van der Waals surface area (Å²) in [5, 5.41) is 4.33. The van der Waals surface area contributed by atoms with Gasteiger partial charge in [-0.15, -0.1) is 0 Å². The summed E-state index contributed by atoms with van der Waals surface area (Å²) in [4.78, 5) is 21.5. The Bertz CT molecular complexity index is 945. The molecule has 3 heterocycles. The van der Waals surface area contributed by atoms with Crippen LogP contribution in [0, 0.1) is 0 Å². The van der Waals surface area contributed by atoms with Gasteiger partial charge in [0.05, 0.1) is 5.69 Å². The molecule has 1 aromatic carbocycles. The van der Waals surface area contributed by atoms with E-state index in [0.717, 1.165) is 22.3 Å². The van der Waals surface area contributed by atoms with E-state index in [0.29, 0.717) is 10.8 Å². The number of benzene rings is 1. The number of carbonyl (C=O) groups is 1. The van der Waals surface area contributed by atoms with E-state index in [1.807, 2.05) is 48.7 Å². The number of nitrogens with one attached hydrogen (secondary N) is 2. The van der Waals surface area contributed by atoms with E-state index in [-0.39, 0.29) is 5.91 Å². The maximum Gasteiger partial charge on any atom is 0.281 e. The van der Waals surface area contributed by atoms with Gasteiger partial charge in [-0.05, 0) is 42.6 Å². The van der Waals surface area contributed by atoms with Gasteiger partial charge in [0, 0.05) is 23.3 Å². The van der Waals surface area contributed by atoms with Crippen LogP contribution in [0.5, 0.6) is 0 Å². The molecule has 0 aliphatic carbocycles. The molecule has 1 amide bonds. The normalized spacial score (nSPS) is 16.3. The van der Waals surface area contributed by atoms with Crippen LogP contribution in [0.3, 0.4) is 0 Å². The van der Waals surface area contributed by atoms with Gasteiger partial charge in [-0.2, -0.15) is 0 Å². The topological polar surface area (TPSA) is 61.0 Å². The Balaban J connectivity index is 1.73. The third kappa shape index (κ3) is 2.29. The maximum atomic E-state index is 12.7. The first-order chi connectivity index (χ1) is 11.2. The van der Waals surface area contributed by atoms with Crippen LogP contribution in [0.2, 0.25) is 0 Å². The molecule has 5 nitrogen and oxygen atoms in total. The largest absolute Gasteiger partial charge is 0.346 e. The second kappa shape index (κ2) is 5.33. The molecule has 0 bridgehead atoms. The van der Waals surface area contributed by atoms with Gasteiger partial charge in [0.1, 0.15) is 11.3 Å². The summed E-state index contributed by atoms with van der Waals surface area (Å²) >= 11 is 5.30. The molecule has 1 saturated heterocycles. The van der Waals surface area contributed by atoms with Gasteiger partial charge in [0.15, 0.2) is 5.11 Å². The number of H-pyrrole nitrogens is 1. The number of hydrogen-bond acceptors (Lipinski definition) is 3. The molecule has 0 saturated carbocycles. The van der Waals surface area contributed by atoms with Crippen LogP contribution in [-0.2, 0) is 4.79 Å². The number of amides is 1. The van der Waals surface area contributed by atoms with Gasteiger partial charge in [-0.25, -0.2) is 4.98 Å². The summed E-state index contributed by atoms with van der Waals surface area (Å²) in [5.41, 5.74) is 2.87. The first kappa shape index (κ1) is 13.7.